The highest BCUT2D eigenvalue weighted by Crippen LogP contribution is 2.27. The summed E-state index contributed by atoms with van der Waals surface area (Å²) in [5.74, 6) is 0. The summed E-state index contributed by atoms with van der Waals surface area (Å²) in [4.78, 5) is 3.22. The third-order valence-corrected chi connectivity index (χ3v) is 2.99. The molecule has 0 radical (unpaired) electrons. The molecule has 1 atom stereocenters. The normalized spacial score (nSPS) is 12.9. The number of hydrogen-bond acceptors (Lipinski definition) is 1. The van der Waals surface area contributed by atoms with Crippen LogP contribution in [0.25, 0.3) is 10.9 Å². The van der Waals surface area contributed by atoms with Gasteiger partial charge in [-0.1, -0.05) is 22.0 Å². The average molecular weight is 265 g/mol. The molecule has 1 heterocycles. The number of hydrogen-bond donors (Lipinski definition) is 2. The number of nitrogens with one attached hydrogen (secondary N) is 1. The molecular formula is C12H13BrN2. The molecule has 0 amide bonds. The smallest absolute Gasteiger partial charge is 0.0458 e. The van der Waals surface area contributed by atoms with E-state index in [1.54, 1.807) is 0 Å². The van der Waals surface area contributed by atoms with E-state index in [-0.39, 0.29) is 6.04 Å². The maximum atomic E-state index is 6.06. The van der Waals surface area contributed by atoms with Crippen molar-refractivity contribution < 1.29 is 0 Å². The lowest BCUT2D eigenvalue weighted by Crippen LogP contribution is -2.08. The first-order chi connectivity index (χ1) is 7.22. The molecule has 15 heavy (non-hydrogen) atoms. The van der Waals surface area contributed by atoms with E-state index in [4.69, 9.17) is 5.73 Å². The predicted octanol–water partition coefficient (Wildman–Crippen LogP) is 3.51. The van der Waals surface area contributed by atoms with Crippen molar-refractivity contribution in [2.75, 3.05) is 0 Å². The Hall–Kier alpha value is -1.06. The second-order valence-corrected chi connectivity index (χ2v) is 4.48. The Labute approximate surface area is 97.3 Å². The number of benzene rings is 1. The molecule has 1 aromatic carbocycles. The Kier molecular flexibility index (Phi) is 2.93. The summed E-state index contributed by atoms with van der Waals surface area (Å²) < 4.78 is 1.07. The van der Waals surface area contributed by atoms with Crippen LogP contribution in [0.5, 0.6) is 0 Å². The zero-order valence-electron chi connectivity index (χ0n) is 8.33. The Morgan fingerprint density at radius 3 is 3.07 bits per heavy atom. The Morgan fingerprint density at radius 2 is 2.33 bits per heavy atom. The van der Waals surface area contributed by atoms with Crippen molar-refractivity contribution in [1.29, 1.82) is 0 Å². The van der Waals surface area contributed by atoms with Crippen molar-refractivity contribution in [2.45, 2.75) is 12.5 Å². The molecule has 0 spiro atoms. The molecule has 78 valence electrons. The van der Waals surface area contributed by atoms with Crippen LogP contribution in [0.3, 0.4) is 0 Å². The predicted molar refractivity (Wildman–Crippen MR) is 67.7 cm³/mol. The molecule has 0 aliphatic heterocycles. The highest BCUT2D eigenvalue weighted by molar-refractivity contribution is 9.10. The molecule has 0 bridgehead atoms. The summed E-state index contributed by atoms with van der Waals surface area (Å²) in [5.41, 5.74) is 8.32. The fourth-order valence-electron chi connectivity index (χ4n) is 1.73. The summed E-state index contributed by atoms with van der Waals surface area (Å²) in [7, 11) is 0. The van der Waals surface area contributed by atoms with Gasteiger partial charge in [0.2, 0.25) is 0 Å². The lowest BCUT2D eigenvalue weighted by atomic mass is 10.0. The van der Waals surface area contributed by atoms with Gasteiger partial charge < -0.3 is 10.7 Å². The van der Waals surface area contributed by atoms with Gasteiger partial charge in [0.25, 0.3) is 0 Å². The van der Waals surface area contributed by atoms with Crippen molar-refractivity contribution in [3.63, 3.8) is 0 Å². The fourth-order valence-corrected chi connectivity index (χ4v) is 2.09. The van der Waals surface area contributed by atoms with Crippen molar-refractivity contribution in [3.05, 3.63) is 47.1 Å². The second-order valence-electron chi connectivity index (χ2n) is 3.56. The minimum atomic E-state index is 0.0190. The van der Waals surface area contributed by atoms with Crippen LogP contribution in [0, 0.1) is 0 Å². The molecular weight excluding hydrogens is 252 g/mol. The van der Waals surface area contributed by atoms with Gasteiger partial charge in [-0.3, -0.25) is 0 Å². The van der Waals surface area contributed by atoms with E-state index in [0.29, 0.717) is 0 Å². The van der Waals surface area contributed by atoms with Gasteiger partial charge in [-0.15, -0.1) is 6.58 Å². The first kappa shape index (κ1) is 10.5. The molecule has 0 saturated heterocycles. The summed E-state index contributed by atoms with van der Waals surface area (Å²) in [6.07, 6.45) is 4.62. The van der Waals surface area contributed by atoms with Crippen molar-refractivity contribution in [1.82, 2.24) is 4.98 Å². The number of aromatic nitrogens is 1. The summed E-state index contributed by atoms with van der Waals surface area (Å²) in [6, 6.07) is 6.17. The third kappa shape index (κ3) is 1.98. The molecule has 3 N–H and O–H groups in total. The van der Waals surface area contributed by atoms with Crippen LogP contribution in [0.15, 0.2) is 41.5 Å². The van der Waals surface area contributed by atoms with Crippen LogP contribution in [0.1, 0.15) is 18.0 Å². The van der Waals surface area contributed by atoms with Gasteiger partial charge in [-0.25, -0.2) is 0 Å². The summed E-state index contributed by atoms with van der Waals surface area (Å²) >= 11 is 3.46. The van der Waals surface area contributed by atoms with Crippen LogP contribution in [0.4, 0.5) is 0 Å². The van der Waals surface area contributed by atoms with E-state index >= 15 is 0 Å². The third-order valence-electron chi connectivity index (χ3n) is 2.50. The van der Waals surface area contributed by atoms with Gasteiger partial charge in [0.1, 0.15) is 0 Å². The number of halogens is 1. The SMILES string of the molecule is C=CC[C@@H](N)c1c[nH]c2ccc(Br)cc12. The molecule has 2 rings (SSSR count). The maximum absolute atomic E-state index is 6.06. The lowest BCUT2D eigenvalue weighted by Gasteiger charge is -2.07. The Morgan fingerprint density at radius 1 is 1.53 bits per heavy atom. The van der Waals surface area contributed by atoms with Gasteiger partial charge in [0, 0.05) is 27.6 Å². The molecule has 2 nitrogen and oxygen atoms in total. The molecule has 1 aromatic heterocycles. The molecule has 3 heteroatoms. The van der Waals surface area contributed by atoms with Crippen molar-refractivity contribution in [3.8, 4) is 0 Å². The van der Waals surface area contributed by atoms with Crippen LogP contribution >= 0.6 is 15.9 Å². The number of fused-ring (bicyclic) bond motifs is 1. The standard InChI is InChI=1S/C12H13BrN2/c1-2-3-11(14)10-7-15-12-5-4-8(13)6-9(10)12/h2,4-7,11,15H,1,3,14H2/t11-/m1/s1. The van der Waals surface area contributed by atoms with Gasteiger partial charge in [0.15, 0.2) is 0 Å². The number of aromatic amines is 1. The minimum absolute atomic E-state index is 0.0190. The Balaban J connectivity index is 2.51. The van der Waals surface area contributed by atoms with E-state index in [2.05, 4.69) is 33.6 Å². The highest BCUT2D eigenvalue weighted by Gasteiger charge is 2.10. The minimum Gasteiger partial charge on any atom is -0.361 e. The van der Waals surface area contributed by atoms with E-state index in [0.717, 1.165) is 22.0 Å². The lowest BCUT2D eigenvalue weighted by molar-refractivity contribution is 0.748. The summed E-state index contributed by atoms with van der Waals surface area (Å²) in [6.45, 7) is 3.71. The van der Waals surface area contributed by atoms with Crippen LogP contribution in [-0.4, -0.2) is 4.98 Å². The number of rotatable bonds is 3. The summed E-state index contributed by atoms with van der Waals surface area (Å²) in [5, 5.41) is 1.18. The van der Waals surface area contributed by atoms with Gasteiger partial charge in [0.05, 0.1) is 0 Å². The molecule has 0 saturated carbocycles. The second kappa shape index (κ2) is 4.21. The zero-order valence-corrected chi connectivity index (χ0v) is 9.92. The Bertz CT molecular complexity index is 487. The van der Waals surface area contributed by atoms with Crippen LogP contribution in [-0.2, 0) is 0 Å². The van der Waals surface area contributed by atoms with E-state index < -0.39 is 0 Å². The fraction of sp³-hybridized carbons (Fsp3) is 0.167. The van der Waals surface area contributed by atoms with Crippen molar-refractivity contribution >= 4 is 26.8 Å². The molecule has 0 fully saturated rings. The van der Waals surface area contributed by atoms with Gasteiger partial charge >= 0.3 is 0 Å². The quantitative estimate of drug-likeness (QED) is 0.819. The number of H-pyrrole nitrogens is 1. The maximum Gasteiger partial charge on any atom is 0.0458 e. The monoisotopic (exact) mass is 264 g/mol. The van der Waals surface area contributed by atoms with E-state index in [9.17, 15) is 0 Å². The van der Waals surface area contributed by atoms with Crippen molar-refractivity contribution in [2.24, 2.45) is 5.73 Å². The van der Waals surface area contributed by atoms with Gasteiger partial charge in [-0.2, -0.15) is 0 Å². The average Bonchev–Trinajstić information content (AvgIpc) is 2.60. The van der Waals surface area contributed by atoms with E-state index in [1.807, 2.05) is 24.4 Å². The largest absolute Gasteiger partial charge is 0.361 e. The van der Waals surface area contributed by atoms with Crippen LogP contribution in [0.2, 0.25) is 0 Å². The first-order valence-electron chi connectivity index (χ1n) is 4.85. The molecule has 0 aliphatic carbocycles. The molecule has 0 unspecified atom stereocenters. The highest BCUT2D eigenvalue weighted by atomic mass is 79.9. The molecule has 0 aliphatic rings. The number of nitrogens with two attached hydrogens (primary N) is 1. The topological polar surface area (TPSA) is 41.8 Å². The molecule has 2 aromatic rings. The first-order valence-corrected chi connectivity index (χ1v) is 5.64. The van der Waals surface area contributed by atoms with Gasteiger partial charge in [-0.05, 0) is 30.2 Å². The van der Waals surface area contributed by atoms with Crippen LogP contribution < -0.4 is 5.73 Å². The van der Waals surface area contributed by atoms with E-state index in [1.165, 1.54) is 5.39 Å². The zero-order chi connectivity index (χ0) is 10.8.